The van der Waals surface area contributed by atoms with Gasteiger partial charge in [-0.3, -0.25) is 0 Å². The highest BCUT2D eigenvalue weighted by atomic mass is 16.3. The van der Waals surface area contributed by atoms with Crippen molar-refractivity contribution in [1.29, 1.82) is 0 Å². The minimum absolute atomic E-state index is 0.361. The molecule has 0 radical (unpaired) electrons. The van der Waals surface area contributed by atoms with Gasteiger partial charge in [0.1, 0.15) is 0 Å². The van der Waals surface area contributed by atoms with Crippen LogP contribution < -0.4 is 0 Å². The third-order valence-corrected chi connectivity index (χ3v) is 7.84. The van der Waals surface area contributed by atoms with Crippen molar-refractivity contribution in [1.82, 2.24) is 4.90 Å². The van der Waals surface area contributed by atoms with Crippen molar-refractivity contribution in [2.24, 2.45) is 0 Å². The Hall–Kier alpha value is -0.120. The molecule has 2 N–H and O–H groups in total. The van der Waals surface area contributed by atoms with Gasteiger partial charge in [-0.25, -0.2) is 0 Å². The summed E-state index contributed by atoms with van der Waals surface area (Å²) in [6.45, 7) is 6.96. The summed E-state index contributed by atoms with van der Waals surface area (Å²) in [7, 11) is 0. The molecular formula is C33H69NO2. The molecule has 0 aliphatic heterocycles. The molecule has 0 spiro atoms. The Morgan fingerprint density at radius 2 is 0.528 bits per heavy atom. The van der Waals surface area contributed by atoms with E-state index in [0.717, 1.165) is 12.8 Å². The lowest BCUT2D eigenvalue weighted by Crippen LogP contribution is -2.27. The lowest BCUT2D eigenvalue weighted by atomic mass is 10.1. The van der Waals surface area contributed by atoms with Crippen LogP contribution in [0.25, 0.3) is 0 Å². The van der Waals surface area contributed by atoms with E-state index in [-0.39, 0.29) is 0 Å². The zero-order valence-corrected chi connectivity index (χ0v) is 25.0. The highest BCUT2D eigenvalue weighted by molar-refractivity contribution is 4.61. The second-order valence-electron chi connectivity index (χ2n) is 11.5. The number of nitrogens with zero attached hydrogens (tertiary/aromatic N) is 1. The molecule has 0 atom stereocenters. The van der Waals surface area contributed by atoms with Gasteiger partial charge >= 0.3 is 0 Å². The van der Waals surface area contributed by atoms with Gasteiger partial charge in [-0.05, 0) is 51.7 Å². The quantitative estimate of drug-likeness (QED) is 0.0883. The van der Waals surface area contributed by atoms with Crippen molar-refractivity contribution < 1.29 is 10.2 Å². The lowest BCUT2D eigenvalue weighted by Gasteiger charge is -2.22. The van der Waals surface area contributed by atoms with Crippen LogP contribution in [-0.2, 0) is 0 Å². The summed E-state index contributed by atoms with van der Waals surface area (Å²) in [5.74, 6) is 0. The summed E-state index contributed by atoms with van der Waals surface area (Å²) in [5, 5.41) is 17.8. The van der Waals surface area contributed by atoms with Crippen LogP contribution in [0.1, 0.15) is 180 Å². The van der Waals surface area contributed by atoms with Gasteiger partial charge in [0.15, 0.2) is 0 Å². The fourth-order valence-electron chi connectivity index (χ4n) is 5.35. The maximum Gasteiger partial charge on any atom is 0.0431 e. The normalized spacial score (nSPS) is 11.7. The number of aliphatic hydroxyl groups is 2. The number of hydrogen-bond donors (Lipinski definition) is 2. The third kappa shape index (κ3) is 30.1. The molecule has 0 saturated heterocycles. The van der Waals surface area contributed by atoms with Crippen LogP contribution in [0.4, 0.5) is 0 Å². The highest BCUT2D eigenvalue weighted by Crippen LogP contribution is 2.14. The minimum atomic E-state index is 0.361. The molecule has 0 aromatic carbocycles. The van der Waals surface area contributed by atoms with Crippen molar-refractivity contribution in [2.45, 2.75) is 180 Å². The molecule has 218 valence electrons. The van der Waals surface area contributed by atoms with Crippen molar-refractivity contribution >= 4 is 0 Å². The number of rotatable bonds is 32. The van der Waals surface area contributed by atoms with Gasteiger partial charge in [0.05, 0.1) is 0 Å². The summed E-state index contributed by atoms with van der Waals surface area (Å²) < 4.78 is 0. The lowest BCUT2D eigenvalue weighted by molar-refractivity contribution is 0.253. The predicted molar refractivity (Wildman–Crippen MR) is 161 cm³/mol. The molecule has 36 heavy (non-hydrogen) atoms. The molecule has 0 aliphatic carbocycles. The van der Waals surface area contributed by atoms with E-state index in [1.165, 1.54) is 180 Å². The van der Waals surface area contributed by atoms with Gasteiger partial charge in [-0.15, -0.1) is 0 Å². The first-order valence-electron chi connectivity index (χ1n) is 16.8. The molecule has 0 amide bonds. The van der Waals surface area contributed by atoms with Crippen molar-refractivity contribution in [3.05, 3.63) is 0 Å². The first-order valence-corrected chi connectivity index (χ1v) is 16.8. The summed E-state index contributed by atoms with van der Waals surface area (Å²) in [5.41, 5.74) is 0. The average molecular weight is 512 g/mol. The molecule has 0 heterocycles. The van der Waals surface area contributed by atoms with Crippen molar-refractivity contribution in [2.75, 3.05) is 32.8 Å². The van der Waals surface area contributed by atoms with E-state index < -0.39 is 0 Å². The Balaban J connectivity index is 3.85. The average Bonchev–Trinajstić information content (AvgIpc) is 2.89. The summed E-state index contributed by atoms with van der Waals surface area (Å²) >= 11 is 0. The molecule has 0 fully saturated rings. The van der Waals surface area contributed by atoms with E-state index in [4.69, 9.17) is 10.2 Å². The standard InChI is InChI=1S/C33H69NO2/c1-2-3-4-5-6-7-8-9-14-19-24-29-34(30-25-20-15-10-12-17-22-27-32-35)31-26-21-16-11-13-18-23-28-33-36/h35-36H,2-33H2,1H3. The molecule has 0 bridgehead atoms. The van der Waals surface area contributed by atoms with Crippen molar-refractivity contribution in [3.63, 3.8) is 0 Å². The van der Waals surface area contributed by atoms with E-state index in [2.05, 4.69) is 11.8 Å². The molecule has 3 nitrogen and oxygen atoms in total. The molecule has 0 rings (SSSR count). The highest BCUT2D eigenvalue weighted by Gasteiger charge is 2.05. The number of unbranched alkanes of at least 4 members (excludes halogenated alkanes) is 24. The van der Waals surface area contributed by atoms with E-state index >= 15 is 0 Å². The Bertz CT molecular complexity index is 355. The zero-order chi connectivity index (χ0) is 26.2. The number of hydrogen-bond acceptors (Lipinski definition) is 3. The second-order valence-corrected chi connectivity index (χ2v) is 11.5. The van der Waals surface area contributed by atoms with Crippen LogP contribution in [0.15, 0.2) is 0 Å². The Labute approximate surface area is 228 Å². The Morgan fingerprint density at radius 1 is 0.306 bits per heavy atom. The SMILES string of the molecule is CCCCCCCCCCCCCN(CCCCCCCCCCO)CCCCCCCCCCO. The summed E-state index contributed by atoms with van der Waals surface area (Å²) in [4.78, 5) is 2.79. The van der Waals surface area contributed by atoms with Gasteiger partial charge in [0.2, 0.25) is 0 Å². The molecule has 0 unspecified atom stereocenters. The predicted octanol–water partition coefficient (Wildman–Crippen LogP) is 9.83. The van der Waals surface area contributed by atoms with Gasteiger partial charge in [0.25, 0.3) is 0 Å². The molecule has 3 heteroatoms. The smallest absolute Gasteiger partial charge is 0.0431 e. The van der Waals surface area contributed by atoms with Crippen LogP contribution in [0.3, 0.4) is 0 Å². The topological polar surface area (TPSA) is 43.7 Å². The van der Waals surface area contributed by atoms with E-state index in [9.17, 15) is 0 Å². The maximum atomic E-state index is 8.88. The van der Waals surface area contributed by atoms with Crippen LogP contribution in [0.5, 0.6) is 0 Å². The second kappa shape index (κ2) is 32.9. The fraction of sp³-hybridized carbons (Fsp3) is 1.00. The maximum absolute atomic E-state index is 8.88. The third-order valence-electron chi connectivity index (χ3n) is 7.84. The monoisotopic (exact) mass is 512 g/mol. The summed E-state index contributed by atoms with van der Waals surface area (Å²) in [6, 6.07) is 0. The van der Waals surface area contributed by atoms with Gasteiger partial charge < -0.3 is 15.1 Å². The Kier molecular flexibility index (Phi) is 32.8. The van der Waals surface area contributed by atoms with Crippen LogP contribution >= 0.6 is 0 Å². The van der Waals surface area contributed by atoms with Crippen LogP contribution in [0.2, 0.25) is 0 Å². The molecule has 0 aromatic rings. The van der Waals surface area contributed by atoms with Gasteiger partial charge in [-0.2, -0.15) is 0 Å². The Morgan fingerprint density at radius 3 is 0.778 bits per heavy atom. The van der Waals surface area contributed by atoms with E-state index in [0.29, 0.717) is 13.2 Å². The summed E-state index contributed by atoms with van der Waals surface area (Å²) in [6.07, 6.45) is 36.5. The molecule has 0 aromatic heterocycles. The first kappa shape index (κ1) is 35.9. The van der Waals surface area contributed by atoms with Crippen LogP contribution in [0, 0.1) is 0 Å². The first-order chi connectivity index (χ1) is 17.8. The van der Waals surface area contributed by atoms with E-state index in [1.807, 2.05) is 0 Å². The zero-order valence-electron chi connectivity index (χ0n) is 25.0. The van der Waals surface area contributed by atoms with Crippen LogP contribution in [-0.4, -0.2) is 48.0 Å². The molecular weight excluding hydrogens is 442 g/mol. The fourth-order valence-corrected chi connectivity index (χ4v) is 5.35. The molecule has 0 saturated carbocycles. The van der Waals surface area contributed by atoms with Gasteiger partial charge in [-0.1, -0.05) is 148 Å². The van der Waals surface area contributed by atoms with Gasteiger partial charge in [0, 0.05) is 13.2 Å². The van der Waals surface area contributed by atoms with E-state index in [1.54, 1.807) is 0 Å². The number of aliphatic hydroxyl groups excluding tert-OH is 2. The van der Waals surface area contributed by atoms with Crippen molar-refractivity contribution in [3.8, 4) is 0 Å². The minimum Gasteiger partial charge on any atom is -0.396 e. The molecule has 0 aliphatic rings. The largest absolute Gasteiger partial charge is 0.396 e.